The van der Waals surface area contributed by atoms with Crippen LogP contribution in [0.4, 0.5) is 4.79 Å². The van der Waals surface area contributed by atoms with Crippen LogP contribution in [0.1, 0.15) is 36.0 Å². The van der Waals surface area contributed by atoms with E-state index in [1.54, 1.807) is 29.2 Å². The third kappa shape index (κ3) is 5.84. The summed E-state index contributed by atoms with van der Waals surface area (Å²) in [6.45, 7) is 1.29. The molecular weight excluding hydrogens is 593 g/mol. The van der Waals surface area contributed by atoms with Crippen LogP contribution in [0.5, 0.6) is 11.5 Å². The number of nitrogens with zero attached hydrogens (tertiary/aromatic N) is 3. The van der Waals surface area contributed by atoms with E-state index in [1.807, 2.05) is 18.2 Å². The fourth-order valence-corrected chi connectivity index (χ4v) is 5.65. The van der Waals surface area contributed by atoms with Gasteiger partial charge in [0.1, 0.15) is 13.2 Å². The smallest absolute Gasteiger partial charge is 0.294 e. The third-order valence-electron chi connectivity index (χ3n) is 5.94. The molecule has 0 saturated carbocycles. The van der Waals surface area contributed by atoms with Gasteiger partial charge in [-0.15, -0.1) is 0 Å². The summed E-state index contributed by atoms with van der Waals surface area (Å²) >= 11 is 2.94. The molecule has 186 valence electrons. The van der Waals surface area contributed by atoms with Gasteiger partial charge in [0.2, 0.25) is 5.91 Å². The zero-order valence-corrected chi connectivity index (χ0v) is 22.6. The van der Waals surface area contributed by atoms with Crippen LogP contribution in [-0.2, 0) is 16.2 Å². The van der Waals surface area contributed by atoms with Gasteiger partial charge in [-0.05, 0) is 83.5 Å². The van der Waals surface area contributed by atoms with E-state index in [4.69, 9.17) is 9.47 Å². The molecule has 36 heavy (non-hydrogen) atoms. The molecule has 2 fully saturated rings. The first-order valence-electron chi connectivity index (χ1n) is 11.4. The van der Waals surface area contributed by atoms with Crippen molar-refractivity contribution in [2.24, 2.45) is 0 Å². The number of imide groups is 1. The number of halogens is 1. The Morgan fingerprint density at radius 1 is 1.19 bits per heavy atom. The van der Waals surface area contributed by atoms with E-state index in [1.165, 1.54) is 7.11 Å². The lowest BCUT2D eigenvalue weighted by Gasteiger charge is -2.27. The summed E-state index contributed by atoms with van der Waals surface area (Å²) in [6.07, 6.45) is 4.60. The Hall–Kier alpha value is -3.04. The Labute approximate surface area is 227 Å². The Kier molecular flexibility index (Phi) is 8.53. The van der Waals surface area contributed by atoms with Crippen molar-refractivity contribution in [1.82, 2.24) is 9.80 Å². The van der Waals surface area contributed by atoms with E-state index in [-0.39, 0.29) is 24.0 Å². The number of ether oxygens (including phenoxy) is 2. The van der Waals surface area contributed by atoms with Crippen LogP contribution in [0.3, 0.4) is 0 Å². The van der Waals surface area contributed by atoms with Crippen LogP contribution in [0, 0.1) is 14.9 Å². The number of hydrogen-bond acceptors (Lipinski definition) is 7. The van der Waals surface area contributed by atoms with E-state index >= 15 is 0 Å². The first kappa shape index (κ1) is 26.0. The molecule has 4 rings (SSSR count). The number of hydrogen-bond donors (Lipinski definition) is 0. The summed E-state index contributed by atoms with van der Waals surface area (Å²) in [5, 5.41) is 8.85. The molecule has 2 saturated heterocycles. The van der Waals surface area contributed by atoms with Crippen LogP contribution in [-0.4, -0.2) is 53.6 Å². The summed E-state index contributed by atoms with van der Waals surface area (Å²) in [7, 11) is 1.52. The number of carbonyl (C=O) groups excluding carboxylic acids is 3. The van der Waals surface area contributed by atoms with Crippen molar-refractivity contribution in [3.05, 3.63) is 61.6 Å². The number of nitriles is 1. The molecule has 2 heterocycles. The molecule has 0 spiro atoms. The highest BCUT2D eigenvalue weighted by Gasteiger charge is 2.37. The maximum Gasteiger partial charge on any atom is 0.294 e. The number of benzene rings is 2. The Morgan fingerprint density at radius 2 is 1.94 bits per heavy atom. The lowest BCUT2D eigenvalue weighted by molar-refractivity contribution is -0.136. The van der Waals surface area contributed by atoms with Crippen molar-refractivity contribution >= 4 is 57.5 Å². The molecule has 0 atom stereocenters. The SMILES string of the molecule is COc1cc(/C=C2/SC(=O)N(CC(=O)N3CCCCC3)C2=O)cc(I)c1OCc1ccccc1C#N. The number of methoxy groups -OCH3 is 1. The second-order valence-electron chi connectivity index (χ2n) is 8.30. The number of likely N-dealkylation sites (tertiary alicyclic amines) is 1. The maximum atomic E-state index is 12.9. The first-order chi connectivity index (χ1) is 17.4. The van der Waals surface area contributed by atoms with Gasteiger partial charge in [0.25, 0.3) is 11.1 Å². The highest BCUT2D eigenvalue weighted by molar-refractivity contribution is 14.1. The van der Waals surface area contributed by atoms with Crippen molar-refractivity contribution in [3.63, 3.8) is 0 Å². The largest absolute Gasteiger partial charge is 0.493 e. The molecule has 8 nitrogen and oxygen atoms in total. The molecule has 2 aliphatic heterocycles. The van der Waals surface area contributed by atoms with Gasteiger partial charge in [-0.3, -0.25) is 19.3 Å². The molecule has 0 N–H and O–H groups in total. The predicted molar refractivity (Wildman–Crippen MR) is 144 cm³/mol. The molecule has 2 aliphatic rings. The van der Waals surface area contributed by atoms with E-state index < -0.39 is 11.1 Å². The van der Waals surface area contributed by atoms with Gasteiger partial charge in [0.15, 0.2) is 11.5 Å². The van der Waals surface area contributed by atoms with Crippen molar-refractivity contribution in [3.8, 4) is 17.6 Å². The van der Waals surface area contributed by atoms with Crippen LogP contribution in [0.15, 0.2) is 41.3 Å². The average molecular weight is 617 g/mol. The van der Waals surface area contributed by atoms with Crippen LogP contribution >= 0.6 is 34.4 Å². The zero-order chi connectivity index (χ0) is 25.7. The highest BCUT2D eigenvalue weighted by Crippen LogP contribution is 2.37. The number of carbonyl (C=O) groups is 3. The minimum absolute atomic E-state index is 0.194. The van der Waals surface area contributed by atoms with E-state index in [0.29, 0.717) is 35.7 Å². The van der Waals surface area contributed by atoms with Gasteiger partial charge < -0.3 is 14.4 Å². The van der Waals surface area contributed by atoms with Gasteiger partial charge in [-0.25, -0.2) is 0 Å². The van der Waals surface area contributed by atoms with Crippen LogP contribution in [0.25, 0.3) is 6.08 Å². The monoisotopic (exact) mass is 617 g/mol. The van der Waals surface area contributed by atoms with Gasteiger partial charge >= 0.3 is 0 Å². The molecule has 2 aromatic carbocycles. The number of amides is 3. The number of rotatable bonds is 7. The predicted octanol–water partition coefficient (Wildman–Crippen LogP) is 4.80. The average Bonchev–Trinajstić information content (AvgIpc) is 3.15. The number of thioether (sulfide) groups is 1. The molecular formula is C26H24IN3O5S. The highest BCUT2D eigenvalue weighted by atomic mass is 127. The molecule has 0 radical (unpaired) electrons. The summed E-state index contributed by atoms with van der Waals surface area (Å²) in [5.41, 5.74) is 1.96. The van der Waals surface area contributed by atoms with Crippen LogP contribution < -0.4 is 9.47 Å². The van der Waals surface area contributed by atoms with Gasteiger partial charge in [0, 0.05) is 18.7 Å². The van der Waals surface area contributed by atoms with Gasteiger partial charge in [-0.1, -0.05) is 18.2 Å². The van der Waals surface area contributed by atoms with Crippen molar-refractivity contribution in [2.45, 2.75) is 25.9 Å². The van der Waals surface area contributed by atoms with E-state index in [0.717, 1.165) is 45.1 Å². The quantitative estimate of drug-likeness (QED) is 0.325. The molecule has 10 heteroatoms. The molecule has 2 aromatic rings. The minimum Gasteiger partial charge on any atom is -0.493 e. The first-order valence-corrected chi connectivity index (χ1v) is 13.3. The molecule has 0 bridgehead atoms. The fourth-order valence-electron chi connectivity index (χ4n) is 4.03. The normalized spacial score (nSPS) is 16.9. The zero-order valence-electron chi connectivity index (χ0n) is 19.7. The lowest BCUT2D eigenvalue weighted by Crippen LogP contribution is -2.44. The minimum atomic E-state index is -0.474. The number of piperidine rings is 1. The summed E-state index contributed by atoms with van der Waals surface area (Å²) in [5.74, 6) is 0.303. The second kappa shape index (κ2) is 11.8. The van der Waals surface area contributed by atoms with Gasteiger partial charge in [-0.2, -0.15) is 5.26 Å². The maximum absolute atomic E-state index is 12.9. The Bertz CT molecular complexity index is 1270. The summed E-state index contributed by atoms with van der Waals surface area (Å²) < 4.78 is 12.3. The summed E-state index contributed by atoms with van der Waals surface area (Å²) in [6, 6.07) is 12.9. The molecule has 0 unspecified atom stereocenters. The van der Waals surface area contributed by atoms with E-state index in [2.05, 4.69) is 28.7 Å². The standard InChI is InChI=1S/C26H24IN3O5S/c1-34-21-12-17(11-20(27)24(21)35-16-19-8-4-3-7-18(19)14-28)13-22-25(32)30(26(33)36-22)15-23(31)29-9-5-2-6-10-29/h3-4,7-8,11-13H,2,5-6,9-10,15-16H2,1H3/b22-13+. The molecule has 0 aromatic heterocycles. The Morgan fingerprint density at radius 3 is 2.67 bits per heavy atom. The third-order valence-corrected chi connectivity index (χ3v) is 7.64. The van der Waals surface area contributed by atoms with Crippen LogP contribution in [0.2, 0.25) is 0 Å². The fraction of sp³-hybridized carbons (Fsp3) is 0.308. The molecule has 0 aliphatic carbocycles. The van der Waals surface area contributed by atoms with E-state index in [9.17, 15) is 19.6 Å². The van der Waals surface area contributed by atoms with Crippen molar-refractivity contribution < 1.29 is 23.9 Å². The lowest BCUT2D eigenvalue weighted by atomic mass is 10.1. The Balaban J connectivity index is 1.49. The van der Waals surface area contributed by atoms with Crippen molar-refractivity contribution in [1.29, 1.82) is 5.26 Å². The van der Waals surface area contributed by atoms with Crippen molar-refractivity contribution in [2.75, 3.05) is 26.7 Å². The molecule has 3 amide bonds. The second-order valence-corrected chi connectivity index (χ2v) is 10.5. The van der Waals surface area contributed by atoms with Gasteiger partial charge in [0.05, 0.1) is 27.2 Å². The summed E-state index contributed by atoms with van der Waals surface area (Å²) in [4.78, 5) is 41.0. The topological polar surface area (TPSA) is 99.9 Å².